The Bertz CT molecular complexity index is 846. The molecule has 0 radical (unpaired) electrons. The van der Waals surface area contributed by atoms with Crippen molar-refractivity contribution in [2.24, 2.45) is 11.8 Å². The van der Waals surface area contributed by atoms with Crippen molar-refractivity contribution < 1.29 is 19.0 Å². The molecule has 1 aromatic heterocycles. The third kappa shape index (κ3) is 2.90. The minimum Gasteiger partial charge on any atom is -0.454 e. The Balaban J connectivity index is 1.33. The molecule has 8 heteroatoms. The maximum atomic E-state index is 11.9. The zero-order valence-corrected chi connectivity index (χ0v) is 14.3. The summed E-state index contributed by atoms with van der Waals surface area (Å²) in [6.07, 6.45) is 2.03. The Morgan fingerprint density at radius 3 is 3.04 bits per heavy atom. The lowest BCUT2D eigenvalue weighted by Gasteiger charge is -2.14. The van der Waals surface area contributed by atoms with Crippen molar-refractivity contribution in [3.8, 4) is 22.8 Å². The summed E-state index contributed by atoms with van der Waals surface area (Å²) in [7, 11) is 0. The molecule has 1 fully saturated rings. The summed E-state index contributed by atoms with van der Waals surface area (Å²) in [6, 6.07) is 5.76. The second kappa shape index (κ2) is 6.28. The molecule has 1 aromatic carbocycles. The Morgan fingerprint density at radius 1 is 1.27 bits per heavy atom. The normalized spacial score (nSPS) is 21.2. The number of rotatable bonds is 4. The molecule has 1 N–H and O–H groups in total. The van der Waals surface area contributed by atoms with Crippen LogP contribution in [0.1, 0.15) is 18.5 Å². The lowest BCUT2D eigenvalue weighted by atomic mass is 10.1. The van der Waals surface area contributed by atoms with Gasteiger partial charge in [-0.2, -0.15) is 0 Å². The lowest BCUT2D eigenvalue weighted by molar-refractivity contribution is -0.122. The van der Waals surface area contributed by atoms with Gasteiger partial charge in [-0.15, -0.1) is 5.10 Å². The van der Waals surface area contributed by atoms with E-state index in [0.29, 0.717) is 26.3 Å². The van der Waals surface area contributed by atoms with Crippen molar-refractivity contribution in [3.05, 3.63) is 23.9 Å². The second-order valence-corrected chi connectivity index (χ2v) is 7.04. The number of aromatic nitrogens is 3. The van der Waals surface area contributed by atoms with Gasteiger partial charge in [0.1, 0.15) is 5.69 Å². The third-order valence-corrected chi connectivity index (χ3v) is 5.02. The van der Waals surface area contributed by atoms with Crippen LogP contribution < -0.4 is 14.8 Å². The molecule has 5 rings (SSSR count). The molecule has 0 spiro atoms. The zero-order valence-electron chi connectivity index (χ0n) is 14.3. The second-order valence-electron chi connectivity index (χ2n) is 7.04. The van der Waals surface area contributed by atoms with Gasteiger partial charge in [0.05, 0.1) is 18.9 Å². The number of ether oxygens (including phenoxy) is 3. The number of nitrogens with zero attached hydrogens (tertiary/aromatic N) is 3. The molecule has 3 aliphatic rings. The lowest BCUT2D eigenvalue weighted by Crippen LogP contribution is -2.33. The van der Waals surface area contributed by atoms with Crippen molar-refractivity contribution in [2.75, 3.05) is 19.9 Å². The maximum absolute atomic E-state index is 11.9. The molecule has 26 heavy (non-hydrogen) atoms. The molecule has 1 atom stereocenters. The van der Waals surface area contributed by atoms with E-state index in [9.17, 15) is 4.79 Å². The van der Waals surface area contributed by atoms with Crippen LogP contribution in [0.15, 0.2) is 18.2 Å². The summed E-state index contributed by atoms with van der Waals surface area (Å²) >= 11 is 0. The van der Waals surface area contributed by atoms with Gasteiger partial charge >= 0.3 is 0 Å². The molecular weight excluding hydrogens is 336 g/mol. The molecule has 1 saturated carbocycles. The van der Waals surface area contributed by atoms with Crippen LogP contribution >= 0.6 is 0 Å². The Hall–Kier alpha value is -2.61. The number of nitrogens with one attached hydrogen (secondary N) is 1. The zero-order chi connectivity index (χ0) is 17.5. The fourth-order valence-electron chi connectivity index (χ4n) is 3.37. The van der Waals surface area contributed by atoms with Gasteiger partial charge in [0.2, 0.25) is 12.7 Å². The summed E-state index contributed by atoms with van der Waals surface area (Å²) in [4.78, 5) is 11.9. The van der Waals surface area contributed by atoms with E-state index in [2.05, 4.69) is 15.6 Å². The highest BCUT2D eigenvalue weighted by atomic mass is 16.7. The highest BCUT2D eigenvalue weighted by Gasteiger charge is 2.30. The van der Waals surface area contributed by atoms with Crippen molar-refractivity contribution in [1.29, 1.82) is 0 Å². The van der Waals surface area contributed by atoms with Crippen LogP contribution in [0.5, 0.6) is 11.5 Å². The molecule has 8 nitrogen and oxygen atoms in total. The smallest absolute Gasteiger partial charge is 0.231 e. The van der Waals surface area contributed by atoms with Crippen LogP contribution in [-0.4, -0.2) is 40.8 Å². The number of carbonyl (C=O) groups is 1. The highest BCUT2D eigenvalue weighted by molar-refractivity contribution is 5.80. The first-order valence-corrected chi connectivity index (χ1v) is 8.96. The molecular formula is C18H20N4O4. The van der Waals surface area contributed by atoms with Gasteiger partial charge in [0.15, 0.2) is 11.5 Å². The fraction of sp³-hybridized carbons (Fsp3) is 0.500. The molecule has 3 heterocycles. The fourth-order valence-corrected chi connectivity index (χ4v) is 3.37. The van der Waals surface area contributed by atoms with Crippen molar-refractivity contribution in [3.63, 3.8) is 0 Å². The predicted octanol–water partition coefficient (Wildman–Crippen LogP) is 1.35. The van der Waals surface area contributed by atoms with Crippen LogP contribution in [0.25, 0.3) is 11.3 Å². The van der Waals surface area contributed by atoms with Crippen molar-refractivity contribution in [2.45, 2.75) is 26.0 Å². The van der Waals surface area contributed by atoms with E-state index in [1.54, 1.807) is 0 Å². The van der Waals surface area contributed by atoms with Gasteiger partial charge in [-0.25, -0.2) is 4.68 Å². The van der Waals surface area contributed by atoms with Crippen LogP contribution in [-0.2, 0) is 22.7 Å². The summed E-state index contributed by atoms with van der Waals surface area (Å²) in [5, 5.41) is 11.7. The molecule has 1 unspecified atom stereocenters. The highest BCUT2D eigenvalue weighted by Crippen LogP contribution is 2.36. The molecule has 136 valence electrons. The molecule has 2 aliphatic heterocycles. The van der Waals surface area contributed by atoms with Gasteiger partial charge in [-0.1, -0.05) is 5.21 Å². The van der Waals surface area contributed by atoms with Gasteiger partial charge in [-0.3, -0.25) is 4.79 Å². The van der Waals surface area contributed by atoms with Gasteiger partial charge in [-0.05, 0) is 31.0 Å². The number of hydrogen-bond donors (Lipinski definition) is 1. The van der Waals surface area contributed by atoms with Gasteiger partial charge in [0, 0.05) is 30.5 Å². The van der Waals surface area contributed by atoms with Crippen molar-refractivity contribution in [1.82, 2.24) is 20.3 Å². The number of amides is 1. The van der Waals surface area contributed by atoms with Gasteiger partial charge in [0.25, 0.3) is 0 Å². The van der Waals surface area contributed by atoms with E-state index in [1.807, 2.05) is 22.9 Å². The molecule has 1 aliphatic carbocycles. The maximum Gasteiger partial charge on any atom is 0.231 e. The van der Waals surface area contributed by atoms with Crippen LogP contribution in [0.4, 0.5) is 0 Å². The first-order chi connectivity index (χ1) is 12.8. The SMILES string of the molecule is O=C(NCC1COCc2c(-c3ccc4c(c3)OCO4)nnn2C1)C1CC1. The van der Waals surface area contributed by atoms with Crippen molar-refractivity contribution >= 4 is 5.91 Å². The predicted molar refractivity (Wildman–Crippen MR) is 90.5 cm³/mol. The standard InChI is InChI=1S/C18H20N4O4/c23-18(12-1-2-12)19-6-11-7-22-14(9-24-8-11)17(20-21-22)13-3-4-15-16(5-13)26-10-25-15/h3-5,11-12H,1-2,6-10H2,(H,19,23). The Kier molecular flexibility index (Phi) is 3.77. The number of carbonyl (C=O) groups excluding carboxylic acids is 1. The Morgan fingerprint density at radius 2 is 2.15 bits per heavy atom. The van der Waals surface area contributed by atoms with E-state index < -0.39 is 0 Å². The van der Waals surface area contributed by atoms with E-state index in [1.165, 1.54) is 0 Å². The summed E-state index contributed by atoms with van der Waals surface area (Å²) in [6.45, 7) is 2.57. The Labute approximate surface area is 150 Å². The minimum absolute atomic E-state index is 0.161. The van der Waals surface area contributed by atoms with E-state index in [-0.39, 0.29) is 24.5 Å². The largest absolute Gasteiger partial charge is 0.454 e. The van der Waals surface area contributed by atoms with E-state index in [4.69, 9.17) is 14.2 Å². The summed E-state index contributed by atoms with van der Waals surface area (Å²) in [5.41, 5.74) is 2.67. The van der Waals surface area contributed by atoms with E-state index >= 15 is 0 Å². The first-order valence-electron chi connectivity index (χ1n) is 8.96. The monoisotopic (exact) mass is 356 g/mol. The average molecular weight is 356 g/mol. The number of hydrogen-bond acceptors (Lipinski definition) is 6. The molecule has 0 bridgehead atoms. The summed E-state index contributed by atoms with van der Waals surface area (Å²) < 4.78 is 18.6. The summed E-state index contributed by atoms with van der Waals surface area (Å²) in [5.74, 6) is 2.04. The van der Waals surface area contributed by atoms with Crippen LogP contribution in [0.2, 0.25) is 0 Å². The topological polar surface area (TPSA) is 87.5 Å². The number of fused-ring (bicyclic) bond motifs is 2. The third-order valence-electron chi connectivity index (χ3n) is 5.02. The van der Waals surface area contributed by atoms with E-state index in [0.717, 1.165) is 41.3 Å². The molecule has 0 saturated heterocycles. The van der Waals surface area contributed by atoms with Gasteiger partial charge < -0.3 is 19.5 Å². The minimum atomic E-state index is 0.161. The molecule has 2 aromatic rings. The first kappa shape index (κ1) is 15.6. The average Bonchev–Trinajstić information content (AvgIpc) is 3.34. The molecule has 1 amide bonds. The van der Waals surface area contributed by atoms with Crippen LogP contribution in [0.3, 0.4) is 0 Å². The number of benzene rings is 1. The quantitative estimate of drug-likeness (QED) is 0.890. The van der Waals surface area contributed by atoms with Crippen LogP contribution in [0, 0.1) is 11.8 Å².